The number of fused-ring (bicyclic) bond motifs is 3. The van der Waals surface area contributed by atoms with Crippen molar-refractivity contribution < 1.29 is 32.2 Å². The van der Waals surface area contributed by atoms with Crippen molar-refractivity contribution in [2.75, 3.05) is 24.6 Å². The van der Waals surface area contributed by atoms with E-state index in [1.807, 2.05) is 30.3 Å². The Balaban J connectivity index is 1.09. The predicted octanol–water partition coefficient (Wildman–Crippen LogP) is 4.84. The number of alkyl halides is 3. The van der Waals surface area contributed by atoms with E-state index in [9.17, 15) is 27.5 Å². The SMILES string of the molecule is O=C(O[C@@H](CO)Cn1cc(-c2ccc(N3CCC(C4c5c(F)cccc5-c5cncn54)CC3)cc2)cn1)C(F)(F)F. The number of aromatic nitrogens is 4. The summed E-state index contributed by atoms with van der Waals surface area (Å²) in [6.07, 6.45) is 2.06. The van der Waals surface area contributed by atoms with Gasteiger partial charge in [-0.15, -0.1) is 0 Å². The summed E-state index contributed by atoms with van der Waals surface area (Å²) in [5.41, 5.74) is 5.28. The minimum atomic E-state index is -5.14. The number of aliphatic hydroxyl groups excluding tert-OH is 1. The van der Waals surface area contributed by atoms with Crippen LogP contribution in [0.1, 0.15) is 24.4 Å². The van der Waals surface area contributed by atoms with Crippen LogP contribution in [0.3, 0.4) is 0 Å². The van der Waals surface area contributed by atoms with Crippen molar-refractivity contribution in [2.24, 2.45) is 5.92 Å². The fourth-order valence-corrected chi connectivity index (χ4v) is 5.91. The van der Waals surface area contributed by atoms with Crippen LogP contribution in [0.25, 0.3) is 22.4 Å². The first kappa shape index (κ1) is 27.0. The van der Waals surface area contributed by atoms with Gasteiger partial charge in [0.1, 0.15) is 11.9 Å². The van der Waals surface area contributed by atoms with Gasteiger partial charge in [0, 0.05) is 41.7 Å². The molecule has 0 spiro atoms. The Morgan fingerprint density at radius 3 is 2.54 bits per heavy atom. The molecule has 1 saturated heterocycles. The Morgan fingerprint density at radius 1 is 1.07 bits per heavy atom. The first-order valence-electron chi connectivity index (χ1n) is 13.3. The highest BCUT2D eigenvalue weighted by molar-refractivity contribution is 5.75. The van der Waals surface area contributed by atoms with Crippen molar-refractivity contribution in [3.8, 4) is 22.4 Å². The molecule has 2 aliphatic heterocycles. The number of rotatable bonds is 7. The van der Waals surface area contributed by atoms with Crippen molar-refractivity contribution in [1.82, 2.24) is 19.3 Å². The highest BCUT2D eigenvalue weighted by Crippen LogP contribution is 2.47. The van der Waals surface area contributed by atoms with Gasteiger partial charge < -0.3 is 19.3 Å². The average Bonchev–Trinajstić information content (AvgIpc) is 3.70. The van der Waals surface area contributed by atoms with E-state index in [-0.39, 0.29) is 24.3 Å². The quantitative estimate of drug-likeness (QED) is 0.253. The molecule has 0 bridgehead atoms. The second-order valence-corrected chi connectivity index (χ2v) is 10.4. The molecule has 4 aromatic rings. The van der Waals surface area contributed by atoms with Crippen LogP contribution in [0, 0.1) is 11.7 Å². The molecule has 0 aliphatic carbocycles. The van der Waals surface area contributed by atoms with E-state index in [1.165, 1.54) is 10.7 Å². The maximum absolute atomic E-state index is 14.9. The lowest BCUT2D eigenvalue weighted by molar-refractivity contribution is -0.207. The number of carbonyl (C=O) groups excluding carboxylic acids is 1. The van der Waals surface area contributed by atoms with Crippen molar-refractivity contribution >= 4 is 11.7 Å². The fourth-order valence-electron chi connectivity index (χ4n) is 5.91. The smallest absolute Gasteiger partial charge is 0.451 e. The van der Waals surface area contributed by atoms with Crippen LogP contribution < -0.4 is 4.90 Å². The van der Waals surface area contributed by atoms with Gasteiger partial charge in [0.2, 0.25) is 0 Å². The Kier molecular flexibility index (Phi) is 7.02. The van der Waals surface area contributed by atoms with E-state index in [2.05, 4.69) is 24.3 Å². The molecule has 41 heavy (non-hydrogen) atoms. The fraction of sp³-hybridized carbons (Fsp3) is 0.345. The molecule has 214 valence electrons. The third-order valence-corrected chi connectivity index (χ3v) is 7.88. The molecule has 4 heterocycles. The van der Waals surface area contributed by atoms with Crippen LogP contribution in [-0.4, -0.2) is 62.4 Å². The zero-order valence-corrected chi connectivity index (χ0v) is 21.8. The van der Waals surface area contributed by atoms with E-state index in [4.69, 9.17) is 0 Å². The van der Waals surface area contributed by atoms with Gasteiger partial charge in [0.25, 0.3) is 0 Å². The maximum atomic E-state index is 14.9. The molecule has 2 aliphatic rings. The molecule has 8 nitrogen and oxygen atoms in total. The summed E-state index contributed by atoms with van der Waals surface area (Å²) < 4.78 is 60.1. The minimum absolute atomic E-state index is 0.0628. The average molecular weight is 570 g/mol. The first-order valence-corrected chi connectivity index (χ1v) is 13.3. The number of hydrogen-bond donors (Lipinski definition) is 1. The predicted molar refractivity (Wildman–Crippen MR) is 141 cm³/mol. The van der Waals surface area contributed by atoms with E-state index in [1.54, 1.807) is 31.0 Å². The number of ether oxygens (including phenoxy) is 1. The van der Waals surface area contributed by atoms with Crippen LogP contribution in [0.2, 0.25) is 0 Å². The van der Waals surface area contributed by atoms with Crippen molar-refractivity contribution in [1.29, 1.82) is 0 Å². The van der Waals surface area contributed by atoms with Gasteiger partial charge in [0.05, 0.1) is 43.6 Å². The van der Waals surface area contributed by atoms with Crippen molar-refractivity contribution in [2.45, 2.75) is 37.7 Å². The number of aliphatic hydroxyl groups is 1. The third kappa shape index (κ3) is 5.19. The number of anilines is 1. The zero-order valence-electron chi connectivity index (χ0n) is 21.8. The third-order valence-electron chi connectivity index (χ3n) is 7.88. The van der Waals surface area contributed by atoms with Crippen LogP contribution >= 0.6 is 0 Å². The zero-order chi connectivity index (χ0) is 28.7. The maximum Gasteiger partial charge on any atom is 0.490 e. The molecule has 1 N–H and O–H groups in total. The van der Waals surface area contributed by atoms with Crippen LogP contribution in [0.15, 0.2) is 67.4 Å². The largest absolute Gasteiger partial charge is 0.490 e. The second-order valence-electron chi connectivity index (χ2n) is 10.4. The lowest BCUT2D eigenvalue weighted by Gasteiger charge is -2.37. The van der Waals surface area contributed by atoms with Gasteiger partial charge in [-0.2, -0.15) is 18.3 Å². The normalized spacial score (nSPS) is 17.8. The van der Waals surface area contributed by atoms with Gasteiger partial charge in [-0.1, -0.05) is 24.3 Å². The first-order chi connectivity index (χ1) is 19.7. The summed E-state index contributed by atoms with van der Waals surface area (Å²) in [5.74, 6) is -2.25. The Morgan fingerprint density at radius 2 is 1.83 bits per heavy atom. The summed E-state index contributed by atoms with van der Waals surface area (Å²) in [4.78, 5) is 17.7. The molecule has 2 aromatic heterocycles. The van der Waals surface area contributed by atoms with Crippen LogP contribution in [0.5, 0.6) is 0 Å². The van der Waals surface area contributed by atoms with E-state index in [0.29, 0.717) is 0 Å². The summed E-state index contributed by atoms with van der Waals surface area (Å²) in [5, 5.41) is 13.5. The number of piperidine rings is 1. The Hall–Kier alpha value is -4.19. The van der Waals surface area contributed by atoms with E-state index in [0.717, 1.165) is 59.6 Å². The molecular weight excluding hydrogens is 542 g/mol. The summed E-state index contributed by atoms with van der Waals surface area (Å²) in [7, 11) is 0. The molecule has 0 radical (unpaired) electrons. The monoisotopic (exact) mass is 569 g/mol. The lowest BCUT2D eigenvalue weighted by atomic mass is 9.85. The number of hydrogen-bond acceptors (Lipinski definition) is 6. The molecule has 2 atom stereocenters. The highest BCUT2D eigenvalue weighted by atomic mass is 19.4. The number of benzene rings is 2. The molecule has 2 aromatic carbocycles. The van der Waals surface area contributed by atoms with Crippen LogP contribution in [-0.2, 0) is 16.1 Å². The number of imidazole rings is 1. The topological polar surface area (TPSA) is 85.4 Å². The van der Waals surface area contributed by atoms with Gasteiger partial charge in [0.15, 0.2) is 0 Å². The van der Waals surface area contributed by atoms with E-state index < -0.39 is 24.9 Å². The molecule has 12 heteroatoms. The van der Waals surface area contributed by atoms with Gasteiger partial charge in [-0.25, -0.2) is 14.2 Å². The van der Waals surface area contributed by atoms with Crippen LogP contribution in [0.4, 0.5) is 23.2 Å². The highest BCUT2D eigenvalue weighted by Gasteiger charge is 2.42. The number of carbonyl (C=O) groups is 1. The van der Waals surface area contributed by atoms with Gasteiger partial charge in [-0.3, -0.25) is 4.68 Å². The summed E-state index contributed by atoms with van der Waals surface area (Å²) in [6.45, 7) is 0.659. The lowest BCUT2D eigenvalue weighted by Crippen LogP contribution is -2.36. The van der Waals surface area contributed by atoms with Crippen molar-refractivity contribution in [3.63, 3.8) is 0 Å². The number of halogens is 4. The molecule has 0 amide bonds. The van der Waals surface area contributed by atoms with Gasteiger partial charge in [-0.05, 0) is 42.5 Å². The van der Waals surface area contributed by atoms with Crippen molar-refractivity contribution in [3.05, 3.63) is 78.8 Å². The molecule has 6 rings (SSSR count). The Labute approximate surface area is 232 Å². The molecule has 1 unspecified atom stereocenters. The molecular formula is C29H27F4N5O3. The standard InChI is InChI=1S/C29H27F4N5O3/c30-24-3-1-2-23-25-13-34-17-38(25)27(26(23)24)19-8-10-36(11-9-19)21-6-4-18(5-7-21)20-12-35-37(14-20)15-22(16-39)41-28(40)29(31,32)33/h1-7,12-14,17,19,22,27,39H,8-11,15-16H2/t22-,27?/m1/s1. The second kappa shape index (κ2) is 10.7. The number of nitrogens with zero attached hydrogens (tertiary/aromatic N) is 5. The Bertz CT molecular complexity index is 1540. The summed E-state index contributed by atoms with van der Waals surface area (Å²) in [6, 6.07) is 13.1. The van der Waals surface area contributed by atoms with Gasteiger partial charge >= 0.3 is 12.1 Å². The molecule has 0 saturated carbocycles. The molecule has 1 fully saturated rings. The number of esters is 1. The summed E-state index contributed by atoms with van der Waals surface area (Å²) >= 11 is 0. The van der Waals surface area contributed by atoms with E-state index >= 15 is 0 Å². The minimum Gasteiger partial charge on any atom is -0.451 e.